The first-order valence-corrected chi connectivity index (χ1v) is 7.53. The number of likely N-dealkylation sites (tertiary alicyclic amines) is 1. The van der Waals surface area contributed by atoms with Gasteiger partial charge in [0.25, 0.3) is 0 Å². The zero-order chi connectivity index (χ0) is 14.8. The molecule has 2 amide bonds. The largest absolute Gasteiger partial charge is 0.381 e. The van der Waals surface area contributed by atoms with E-state index in [1.54, 1.807) is 0 Å². The molecule has 1 unspecified atom stereocenters. The Hall–Kier alpha value is -0.850. The molecule has 0 bridgehead atoms. The molecule has 0 radical (unpaired) electrons. The molecule has 1 saturated heterocycles. The number of piperidine rings is 1. The minimum Gasteiger partial charge on any atom is -0.381 e. The van der Waals surface area contributed by atoms with Gasteiger partial charge in [0.1, 0.15) is 0 Å². The van der Waals surface area contributed by atoms with Gasteiger partial charge in [-0.1, -0.05) is 0 Å². The number of carbonyl (C=O) groups excluding carboxylic acids is 2. The maximum absolute atomic E-state index is 12.2. The summed E-state index contributed by atoms with van der Waals surface area (Å²) in [4.78, 5) is 25.5. The van der Waals surface area contributed by atoms with Crippen molar-refractivity contribution < 1.29 is 14.3 Å². The van der Waals surface area contributed by atoms with Crippen molar-refractivity contribution in [3.63, 3.8) is 0 Å². The molecule has 1 fully saturated rings. The van der Waals surface area contributed by atoms with E-state index in [-0.39, 0.29) is 30.3 Å². The number of hydrogen-bond donors (Lipinski definition) is 2. The fraction of sp³-hybridized carbons (Fsp3) is 0.857. The molecule has 7 heteroatoms. The molecule has 1 aliphatic heterocycles. The van der Waals surface area contributed by atoms with Crippen LogP contribution in [0.4, 0.5) is 0 Å². The second-order valence-electron chi connectivity index (χ2n) is 5.03. The number of halogens is 1. The van der Waals surface area contributed by atoms with E-state index < -0.39 is 0 Å². The lowest BCUT2D eigenvalue weighted by Gasteiger charge is -2.36. The van der Waals surface area contributed by atoms with Gasteiger partial charge in [0.2, 0.25) is 11.8 Å². The van der Waals surface area contributed by atoms with Crippen LogP contribution in [-0.2, 0) is 14.3 Å². The minimum absolute atomic E-state index is 0. The van der Waals surface area contributed by atoms with E-state index in [1.165, 1.54) is 0 Å². The van der Waals surface area contributed by atoms with Crippen LogP contribution in [-0.4, -0.2) is 55.6 Å². The Bertz CT molecular complexity index is 316. The maximum Gasteiger partial charge on any atom is 0.225 e. The number of amides is 2. The molecule has 124 valence electrons. The summed E-state index contributed by atoms with van der Waals surface area (Å²) in [6, 6.07) is 0.111. The molecular weight excluding hydrogens is 294 g/mol. The molecule has 1 atom stereocenters. The average molecular weight is 322 g/mol. The van der Waals surface area contributed by atoms with Crippen LogP contribution in [0.5, 0.6) is 0 Å². The summed E-state index contributed by atoms with van der Waals surface area (Å²) in [6.07, 6.45) is 3.84. The predicted molar refractivity (Wildman–Crippen MR) is 84.4 cm³/mol. The van der Waals surface area contributed by atoms with Crippen LogP contribution < -0.4 is 11.1 Å². The standard InChI is InChI=1S/C14H27N3O3.ClH/c1-2-20-10-7-14(19)17-9-4-3-5-12(17)11-16-13(18)6-8-15;/h12H,2-11,15H2,1H3,(H,16,18);1H. The van der Waals surface area contributed by atoms with Crippen molar-refractivity contribution in [2.75, 3.05) is 32.8 Å². The predicted octanol–water partition coefficient (Wildman–Crippen LogP) is 0.681. The number of nitrogens with zero attached hydrogens (tertiary/aromatic N) is 1. The molecule has 1 aliphatic rings. The first kappa shape index (κ1) is 20.1. The van der Waals surface area contributed by atoms with E-state index in [0.717, 1.165) is 25.8 Å². The number of hydrogen-bond acceptors (Lipinski definition) is 4. The lowest BCUT2D eigenvalue weighted by molar-refractivity contribution is -0.136. The molecule has 0 aromatic rings. The Morgan fingerprint density at radius 1 is 1.33 bits per heavy atom. The SMILES string of the molecule is CCOCCC(=O)N1CCCCC1CNC(=O)CCN.Cl. The third kappa shape index (κ3) is 7.64. The van der Waals surface area contributed by atoms with E-state index in [2.05, 4.69) is 5.32 Å². The highest BCUT2D eigenvalue weighted by Crippen LogP contribution is 2.17. The summed E-state index contributed by atoms with van der Waals surface area (Å²) < 4.78 is 5.23. The van der Waals surface area contributed by atoms with Gasteiger partial charge in [-0.2, -0.15) is 0 Å². The number of carbonyl (C=O) groups is 2. The maximum atomic E-state index is 12.2. The number of nitrogens with two attached hydrogens (primary N) is 1. The summed E-state index contributed by atoms with van der Waals surface area (Å²) in [5.74, 6) is 0.0796. The van der Waals surface area contributed by atoms with Crippen molar-refractivity contribution in [3.05, 3.63) is 0 Å². The van der Waals surface area contributed by atoms with Crippen LogP contribution in [0.2, 0.25) is 0 Å². The highest BCUT2D eigenvalue weighted by atomic mass is 35.5. The average Bonchev–Trinajstić information content (AvgIpc) is 2.46. The Kier molecular flexibility index (Phi) is 11.3. The zero-order valence-corrected chi connectivity index (χ0v) is 13.6. The molecule has 0 aromatic carbocycles. The van der Waals surface area contributed by atoms with Crippen LogP contribution in [0.1, 0.15) is 39.0 Å². The molecule has 0 spiro atoms. The van der Waals surface area contributed by atoms with Crippen LogP contribution in [0, 0.1) is 0 Å². The van der Waals surface area contributed by atoms with Crippen LogP contribution >= 0.6 is 12.4 Å². The smallest absolute Gasteiger partial charge is 0.225 e. The molecule has 6 nitrogen and oxygen atoms in total. The van der Waals surface area contributed by atoms with Crippen molar-refractivity contribution in [2.45, 2.75) is 45.1 Å². The van der Waals surface area contributed by atoms with Gasteiger partial charge >= 0.3 is 0 Å². The second-order valence-corrected chi connectivity index (χ2v) is 5.03. The zero-order valence-electron chi connectivity index (χ0n) is 12.8. The summed E-state index contributed by atoms with van der Waals surface area (Å²) in [5, 5.41) is 2.86. The molecule has 0 saturated carbocycles. The van der Waals surface area contributed by atoms with Crippen LogP contribution in [0.25, 0.3) is 0 Å². The van der Waals surface area contributed by atoms with Gasteiger partial charge in [0.15, 0.2) is 0 Å². The van der Waals surface area contributed by atoms with Crippen LogP contribution in [0.15, 0.2) is 0 Å². The lowest BCUT2D eigenvalue weighted by atomic mass is 10.0. The van der Waals surface area contributed by atoms with Crippen molar-refractivity contribution in [1.29, 1.82) is 0 Å². The van der Waals surface area contributed by atoms with Crippen molar-refractivity contribution in [2.24, 2.45) is 5.73 Å². The fourth-order valence-corrected chi connectivity index (χ4v) is 2.44. The van der Waals surface area contributed by atoms with Crippen LogP contribution in [0.3, 0.4) is 0 Å². The lowest BCUT2D eigenvalue weighted by Crippen LogP contribution is -2.49. The van der Waals surface area contributed by atoms with E-state index >= 15 is 0 Å². The molecule has 1 heterocycles. The van der Waals surface area contributed by atoms with E-state index in [4.69, 9.17) is 10.5 Å². The van der Waals surface area contributed by atoms with Gasteiger partial charge in [-0.05, 0) is 26.2 Å². The van der Waals surface area contributed by atoms with Crippen molar-refractivity contribution in [3.8, 4) is 0 Å². The van der Waals surface area contributed by atoms with Gasteiger partial charge in [0.05, 0.1) is 13.0 Å². The van der Waals surface area contributed by atoms with E-state index in [0.29, 0.717) is 39.1 Å². The van der Waals surface area contributed by atoms with Gasteiger partial charge in [-0.25, -0.2) is 0 Å². The number of ether oxygens (including phenoxy) is 1. The Labute approximate surface area is 133 Å². The molecular formula is C14H28ClN3O3. The summed E-state index contributed by atoms with van der Waals surface area (Å²) in [7, 11) is 0. The molecule has 3 N–H and O–H groups in total. The van der Waals surface area contributed by atoms with E-state index in [9.17, 15) is 9.59 Å². The van der Waals surface area contributed by atoms with Gasteiger partial charge in [-0.15, -0.1) is 12.4 Å². The number of rotatable bonds is 8. The van der Waals surface area contributed by atoms with E-state index in [1.807, 2.05) is 11.8 Å². The van der Waals surface area contributed by atoms with Crippen molar-refractivity contribution >= 4 is 24.2 Å². The highest BCUT2D eigenvalue weighted by Gasteiger charge is 2.26. The molecule has 0 aromatic heterocycles. The Balaban J connectivity index is 0.00000400. The van der Waals surface area contributed by atoms with Gasteiger partial charge in [0, 0.05) is 38.7 Å². The van der Waals surface area contributed by atoms with Gasteiger partial charge < -0.3 is 20.7 Å². The quantitative estimate of drug-likeness (QED) is 0.644. The van der Waals surface area contributed by atoms with Gasteiger partial charge in [-0.3, -0.25) is 9.59 Å². The molecule has 0 aliphatic carbocycles. The molecule has 1 rings (SSSR count). The number of nitrogens with one attached hydrogen (secondary N) is 1. The Morgan fingerprint density at radius 2 is 2.10 bits per heavy atom. The summed E-state index contributed by atoms with van der Waals surface area (Å²) in [6.45, 7) is 4.68. The second kappa shape index (κ2) is 11.8. The van der Waals surface area contributed by atoms with Crippen molar-refractivity contribution in [1.82, 2.24) is 10.2 Å². The first-order valence-electron chi connectivity index (χ1n) is 7.53. The molecule has 21 heavy (non-hydrogen) atoms. The third-order valence-electron chi connectivity index (χ3n) is 3.52. The third-order valence-corrected chi connectivity index (χ3v) is 3.52. The summed E-state index contributed by atoms with van der Waals surface area (Å²) >= 11 is 0. The Morgan fingerprint density at radius 3 is 2.76 bits per heavy atom. The highest BCUT2D eigenvalue weighted by molar-refractivity contribution is 5.85. The fourth-order valence-electron chi connectivity index (χ4n) is 2.44. The first-order chi connectivity index (χ1) is 9.69. The summed E-state index contributed by atoms with van der Waals surface area (Å²) in [5.41, 5.74) is 5.34. The monoisotopic (exact) mass is 321 g/mol. The topological polar surface area (TPSA) is 84.7 Å². The minimum atomic E-state index is -0.0419. The normalized spacial score (nSPS) is 18.0.